The van der Waals surface area contributed by atoms with Gasteiger partial charge in [-0.25, -0.2) is 4.79 Å². The van der Waals surface area contributed by atoms with E-state index in [1.807, 2.05) is 6.92 Å². The molecule has 164 valence electrons. The number of aromatic nitrogens is 3. The lowest BCUT2D eigenvalue weighted by molar-refractivity contribution is -0.116. The van der Waals surface area contributed by atoms with Crippen LogP contribution in [0, 0.1) is 6.92 Å². The van der Waals surface area contributed by atoms with Gasteiger partial charge in [0.25, 0.3) is 5.56 Å². The van der Waals surface area contributed by atoms with Gasteiger partial charge in [-0.2, -0.15) is 0 Å². The summed E-state index contributed by atoms with van der Waals surface area (Å²) < 4.78 is 6.13. The smallest absolute Gasteiger partial charge is 0.330 e. The lowest BCUT2D eigenvalue weighted by atomic mass is 10.3. The van der Waals surface area contributed by atoms with Crippen molar-refractivity contribution in [1.82, 2.24) is 14.7 Å². The summed E-state index contributed by atoms with van der Waals surface area (Å²) in [6, 6.07) is 1.58. The number of nitrogens with one attached hydrogen (secondary N) is 2. The second kappa shape index (κ2) is 10.1. The molecule has 12 heteroatoms. The number of thioether (sulfide) groups is 1. The van der Waals surface area contributed by atoms with Crippen LogP contribution in [0.25, 0.3) is 0 Å². The van der Waals surface area contributed by atoms with Crippen LogP contribution in [0.1, 0.15) is 32.4 Å². The third kappa shape index (κ3) is 5.53. The Morgan fingerprint density at radius 3 is 2.73 bits per heavy atom. The number of aromatic amines is 1. The summed E-state index contributed by atoms with van der Waals surface area (Å²) in [6.45, 7) is 5.64. The Kier molecular flexibility index (Phi) is 7.86. The number of unbranched alkanes of at least 4 members (excludes halogenated alkanes) is 1. The van der Waals surface area contributed by atoms with Gasteiger partial charge < -0.3 is 20.5 Å². The summed E-state index contributed by atoms with van der Waals surface area (Å²) in [5, 5.41) is 5.72. The highest BCUT2D eigenvalue weighted by molar-refractivity contribution is 8.01. The minimum atomic E-state index is -0.738. The number of nitrogen functional groups attached to an aromatic ring is 1. The molecule has 0 aromatic carbocycles. The topological polar surface area (TPSA) is 156 Å². The monoisotopic (exact) mass is 438 g/mol. The van der Waals surface area contributed by atoms with Crippen molar-refractivity contribution in [3.05, 3.63) is 32.7 Å². The number of H-pyrrole nitrogens is 1. The van der Waals surface area contributed by atoms with Crippen LogP contribution in [0.5, 0.6) is 0 Å². The van der Waals surface area contributed by atoms with Gasteiger partial charge in [-0.05, 0) is 20.3 Å². The Morgan fingerprint density at radius 1 is 1.43 bits per heavy atom. The molecule has 0 aliphatic heterocycles. The average Bonchev–Trinajstić information content (AvgIpc) is 3.09. The quantitative estimate of drug-likeness (QED) is 0.522. The van der Waals surface area contributed by atoms with E-state index in [-0.39, 0.29) is 23.2 Å². The van der Waals surface area contributed by atoms with Gasteiger partial charge in [0.15, 0.2) is 11.5 Å². The van der Waals surface area contributed by atoms with Gasteiger partial charge in [-0.1, -0.05) is 18.5 Å². The number of anilines is 3. The molecule has 2 aromatic heterocycles. The Labute approximate surface area is 177 Å². The number of nitrogens with two attached hydrogens (primary N) is 1. The van der Waals surface area contributed by atoms with E-state index in [0.717, 1.165) is 23.1 Å². The maximum atomic E-state index is 12.6. The van der Waals surface area contributed by atoms with Crippen molar-refractivity contribution in [2.24, 2.45) is 0 Å². The number of hydrogen-bond acceptors (Lipinski definition) is 8. The summed E-state index contributed by atoms with van der Waals surface area (Å²) in [7, 11) is 1.40. The normalized spacial score (nSPS) is 11.9. The van der Waals surface area contributed by atoms with Crippen molar-refractivity contribution in [2.75, 3.05) is 28.8 Å². The molecule has 2 heterocycles. The van der Waals surface area contributed by atoms with E-state index in [0.29, 0.717) is 24.5 Å². The Balaban J connectivity index is 2.05. The molecule has 0 fully saturated rings. The number of nitrogens with zero attached hydrogens (tertiary/aromatic N) is 3. The molecule has 30 heavy (non-hydrogen) atoms. The molecule has 11 nitrogen and oxygen atoms in total. The molecule has 0 radical (unpaired) electrons. The molecular formula is C18H26N6O5S. The molecule has 0 aliphatic rings. The zero-order valence-corrected chi connectivity index (χ0v) is 18.2. The van der Waals surface area contributed by atoms with Crippen molar-refractivity contribution >= 4 is 40.9 Å². The fourth-order valence-corrected chi connectivity index (χ4v) is 3.38. The molecule has 0 bridgehead atoms. The van der Waals surface area contributed by atoms with Crippen molar-refractivity contribution in [3.63, 3.8) is 0 Å². The maximum Gasteiger partial charge on any atom is 0.330 e. The van der Waals surface area contributed by atoms with Gasteiger partial charge in [-0.15, -0.1) is 11.8 Å². The fraction of sp³-hybridized carbons (Fsp3) is 0.500. The number of rotatable bonds is 9. The zero-order chi connectivity index (χ0) is 22.4. The molecule has 2 amide bonds. The van der Waals surface area contributed by atoms with E-state index in [1.54, 1.807) is 19.9 Å². The second-order valence-electron chi connectivity index (χ2n) is 6.72. The summed E-state index contributed by atoms with van der Waals surface area (Å²) in [5.41, 5.74) is 4.58. The minimum absolute atomic E-state index is 0.0646. The first-order valence-electron chi connectivity index (χ1n) is 9.40. The molecule has 0 aliphatic carbocycles. The minimum Gasteiger partial charge on any atom is -0.383 e. The first kappa shape index (κ1) is 23.3. The summed E-state index contributed by atoms with van der Waals surface area (Å²) in [6.07, 6.45) is 1.53. The molecule has 4 N–H and O–H groups in total. The highest BCUT2D eigenvalue weighted by Crippen LogP contribution is 2.19. The maximum absolute atomic E-state index is 12.6. The third-order valence-corrected chi connectivity index (χ3v) is 5.49. The summed E-state index contributed by atoms with van der Waals surface area (Å²) >= 11 is 1.09. The summed E-state index contributed by atoms with van der Waals surface area (Å²) in [5.74, 6) is -0.0579. The van der Waals surface area contributed by atoms with Gasteiger partial charge in [0.05, 0.1) is 11.0 Å². The van der Waals surface area contributed by atoms with Crippen LogP contribution in [-0.4, -0.2) is 44.6 Å². The molecule has 2 aromatic rings. The molecule has 0 saturated carbocycles. The Morgan fingerprint density at radius 2 is 2.13 bits per heavy atom. The lowest BCUT2D eigenvalue weighted by Crippen LogP contribution is -2.40. The van der Waals surface area contributed by atoms with Crippen LogP contribution in [0.4, 0.5) is 17.3 Å². The Bertz CT molecular complexity index is 1030. The summed E-state index contributed by atoms with van der Waals surface area (Å²) in [4.78, 5) is 52.4. The van der Waals surface area contributed by atoms with E-state index in [2.05, 4.69) is 15.5 Å². The second-order valence-corrected chi connectivity index (χ2v) is 8.05. The van der Waals surface area contributed by atoms with E-state index in [1.165, 1.54) is 11.6 Å². The van der Waals surface area contributed by atoms with Gasteiger partial charge in [0.1, 0.15) is 11.6 Å². The van der Waals surface area contributed by atoms with Crippen molar-refractivity contribution in [2.45, 2.75) is 45.4 Å². The molecule has 0 saturated heterocycles. The van der Waals surface area contributed by atoms with Crippen molar-refractivity contribution < 1.29 is 14.1 Å². The largest absolute Gasteiger partial charge is 0.383 e. The van der Waals surface area contributed by atoms with E-state index < -0.39 is 22.4 Å². The van der Waals surface area contributed by atoms with E-state index in [4.69, 9.17) is 10.3 Å². The first-order chi connectivity index (χ1) is 14.1. The number of carbonyl (C=O) groups is 2. The number of amides is 2. The molecular weight excluding hydrogens is 412 g/mol. The first-order valence-corrected chi connectivity index (χ1v) is 10.5. The molecule has 0 spiro atoms. The van der Waals surface area contributed by atoms with E-state index >= 15 is 0 Å². The fourth-order valence-electron chi connectivity index (χ4n) is 2.59. The van der Waals surface area contributed by atoms with Gasteiger partial charge in [0.2, 0.25) is 11.8 Å². The van der Waals surface area contributed by atoms with Crippen molar-refractivity contribution in [3.8, 4) is 0 Å². The van der Waals surface area contributed by atoms with Crippen LogP contribution < -0.4 is 27.2 Å². The van der Waals surface area contributed by atoms with Gasteiger partial charge in [0, 0.05) is 19.7 Å². The SMILES string of the molecule is CCCCn1c(N)c(N(C)C(=O)CSC(C)C(=O)Nc2cc(C)on2)c(=O)[nH]c1=O. The number of carbonyl (C=O) groups excluding carboxylic acids is 2. The van der Waals surface area contributed by atoms with Gasteiger partial charge >= 0.3 is 5.69 Å². The molecule has 1 unspecified atom stereocenters. The molecule has 2 rings (SSSR count). The van der Waals surface area contributed by atoms with Crippen LogP contribution in [-0.2, 0) is 16.1 Å². The van der Waals surface area contributed by atoms with Crippen LogP contribution in [0.3, 0.4) is 0 Å². The third-order valence-electron chi connectivity index (χ3n) is 4.36. The van der Waals surface area contributed by atoms with E-state index in [9.17, 15) is 19.2 Å². The predicted octanol–water partition coefficient (Wildman–Crippen LogP) is 0.939. The highest BCUT2D eigenvalue weighted by Gasteiger charge is 2.23. The van der Waals surface area contributed by atoms with Crippen LogP contribution >= 0.6 is 11.8 Å². The van der Waals surface area contributed by atoms with Crippen LogP contribution in [0.15, 0.2) is 20.2 Å². The number of aryl methyl sites for hydroxylation is 1. The predicted molar refractivity (Wildman–Crippen MR) is 116 cm³/mol. The molecule has 1 atom stereocenters. The number of hydrogen-bond donors (Lipinski definition) is 3. The Hall–Kier alpha value is -3.02. The zero-order valence-electron chi connectivity index (χ0n) is 17.4. The highest BCUT2D eigenvalue weighted by atomic mass is 32.2. The average molecular weight is 439 g/mol. The van der Waals surface area contributed by atoms with Crippen LogP contribution in [0.2, 0.25) is 0 Å². The van der Waals surface area contributed by atoms with Crippen molar-refractivity contribution in [1.29, 1.82) is 0 Å². The lowest BCUT2D eigenvalue weighted by Gasteiger charge is -2.21. The van der Waals surface area contributed by atoms with Gasteiger partial charge in [-0.3, -0.25) is 23.9 Å². The standard InChI is InChI=1S/C18H26N6O5S/c1-5-6-7-24-15(19)14(17(27)21-18(24)28)23(4)13(25)9-30-11(3)16(26)20-12-8-10(2)29-22-12/h8,11H,5-7,9,19H2,1-4H3,(H,20,22,26)(H,21,27,28).